The standard InChI is InChI=1S/C20H19Cl2N3O3S/c1-12(2)29-15-6-3-13(4-7-15)9-19-24-25-20(28-19)23-18(26)11-27-17-8-5-14(21)10-16(17)22/h3-8,10,12H,9,11H2,1-2H3,(H,23,25,26). The summed E-state index contributed by atoms with van der Waals surface area (Å²) < 4.78 is 10.9. The zero-order chi connectivity index (χ0) is 20.8. The van der Waals surface area contributed by atoms with Crippen LogP contribution in [-0.4, -0.2) is 28.0 Å². The Morgan fingerprint density at radius 1 is 1.17 bits per heavy atom. The first-order chi connectivity index (χ1) is 13.9. The van der Waals surface area contributed by atoms with Crippen molar-refractivity contribution < 1.29 is 13.9 Å². The molecule has 2 aromatic carbocycles. The Morgan fingerprint density at radius 2 is 1.93 bits per heavy atom. The van der Waals surface area contributed by atoms with Gasteiger partial charge in [-0.25, -0.2) is 0 Å². The highest BCUT2D eigenvalue weighted by atomic mass is 35.5. The SMILES string of the molecule is CC(C)Sc1ccc(Cc2nnc(NC(=O)COc3ccc(Cl)cc3Cl)o2)cc1. The third-order valence-corrected chi connectivity index (χ3v) is 5.16. The maximum atomic E-state index is 12.0. The first kappa shape index (κ1) is 21.5. The largest absolute Gasteiger partial charge is 0.482 e. The minimum Gasteiger partial charge on any atom is -0.482 e. The van der Waals surface area contributed by atoms with E-state index in [-0.39, 0.29) is 12.6 Å². The topological polar surface area (TPSA) is 77.2 Å². The minimum atomic E-state index is -0.443. The van der Waals surface area contributed by atoms with Crippen LogP contribution in [0.2, 0.25) is 10.0 Å². The number of thioether (sulfide) groups is 1. The summed E-state index contributed by atoms with van der Waals surface area (Å²) in [5, 5.41) is 11.6. The maximum absolute atomic E-state index is 12.0. The highest BCUT2D eigenvalue weighted by Gasteiger charge is 2.12. The van der Waals surface area contributed by atoms with Crippen LogP contribution in [0, 0.1) is 0 Å². The lowest BCUT2D eigenvalue weighted by Crippen LogP contribution is -2.20. The van der Waals surface area contributed by atoms with E-state index in [1.54, 1.807) is 23.9 Å². The molecule has 0 spiro atoms. The molecular weight excluding hydrogens is 433 g/mol. The number of nitrogens with one attached hydrogen (secondary N) is 1. The number of nitrogens with zero attached hydrogens (tertiary/aromatic N) is 2. The Bertz CT molecular complexity index is 977. The van der Waals surface area contributed by atoms with Crippen LogP contribution >= 0.6 is 35.0 Å². The van der Waals surface area contributed by atoms with Crippen molar-refractivity contribution in [3.8, 4) is 5.75 Å². The molecular formula is C20H19Cl2N3O3S. The second kappa shape index (κ2) is 10.0. The van der Waals surface area contributed by atoms with E-state index < -0.39 is 5.91 Å². The average molecular weight is 452 g/mol. The quantitative estimate of drug-likeness (QED) is 0.456. The van der Waals surface area contributed by atoms with E-state index in [0.717, 1.165) is 5.56 Å². The third kappa shape index (κ3) is 6.66. The molecule has 1 heterocycles. The normalized spacial score (nSPS) is 10.9. The highest BCUT2D eigenvalue weighted by Crippen LogP contribution is 2.27. The number of rotatable bonds is 8. The number of amides is 1. The van der Waals surface area contributed by atoms with Gasteiger partial charge in [-0.05, 0) is 35.9 Å². The van der Waals surface area contributed by atoms with Crippen LogP contribution in [0.4, 0.5) is 6.01 Å². The molecule has 9 heteroatoms. The monoisotopic (exact) mass is 451 g/mol. The molecule has 0 bridgehead atoms. The summed E-state index contributed by atoms with van der Waals surface area (Å²) in [6.45, 7) is 4.05. The van der Waals surface area contributed by atoms with Gasteiger partial charge >= 0.3 is 6.01 Å². The van der Waals surface area contributed by atoms with Crippen molar-refractivity contribution in [1.29, 1.82) is 0 Å². The fourth-order valence-electron chi connectivity index (χ4n) is 2.40. The third-order valence-electron chi connectivity index (χ3n) is 3.62. The minimum absolute atomic E-state index is 0.0165. The van der Waals surface area contributed by atoms with Crippen LogP contribution < -0.4 is 10.1 Å². The maximum Gasteiger partial charge on any atom is 0.322 e. The Morgan fingerprint density at radius 3 is 2.62 bits per heavy atom. The van der Waals surface area contributed by atoms with Crippen molar-refractivity contribution >= 4 is 46.9 Å². The predicted octanol–water partition coefficient (Wildman–Crippen LogP) is 5.49. The van der Waals surface area contributed by atoms with E-state index >= 15 is 0 Å². The second-order valence-corrected chi connectivity index (χ2v) is 8.89. The van der Waals surface area contributed by atoms with Gasteiger partial charge in [0.15, 0.2) is 6.61 Å². The van der Waals surface area contributed by atoms with Crippen LogP contribution in [0.3, 0.4) is 0 Å². The van der Waals surface area contributed by atoms with E-state index in [9.17, 15) is 4.79 Å². The number of carbonyl (C=O) groups is 1. The zero-order valence-corrected chi connectivity index (χ0v) is 18.1. The van der Waals surface area contributed by atoms with E-state index in [0.29, 0.717) is 33.4 Å². The van der Waals surface area contributed by atoms with Gasteiger partial charge in [0.1, 0.15) is 5.75 Å². The zero-order valence-electron chi connectivity index (χ0n) is 15.8. The van der Waals surface area contributed by atoms with Crippen LogP contribution in [0.25, 0.3) is 0 Å². The number of ether oxygens (including phenoxy) is 1. The molecule has 0 saturated carbocycles. The van der Waals surface area contributed by atoms with Gasteiger partial charge in [0.05, 0.1) is 11.4 Å². The number of aromatic nitrogens is 2. The van der Waals surface area contributed by atoms with Crippen molar-refractivity contribution in [2.75, 3.05) is 11.9 Å². The van der Waals surface area contributed by atoms with E-state index in [2.05, 4.69) is 41.5 Å². The van der Waals surface area contributed by atoms with Crippen molar-refractivity contribution in [1.82, 2.24) is 10.2 Å². The molecule has 0 radical (unpaired) electrons. The molecule has 0 aliphatic heterocycles. The van der Waals surface area contributed by atoms with Gasteiger partial charge in [-0.3, -0.25) is 10.1 Å². The molecule has 29 heavy (non-hydrogen) atoms. The summed E-state index contributed by atoms with van der Waals surface area (Å²) in [5.74, 6) is 0.323. The highest BCUT2D eigenvalue weighted by molar-refractivity contribution is 7.99. The Labute approximate surface area is 182 Å². The van der Waals surface area contributed by atoms with Crippen molar-refractivity contribution in [3.63, 3.8) is 0 Å². The Kier molecular flexibility index (Phi) is 7.41. The summed E-state index contributed by atoms with van der Waals surface area (Å²) in [6, 6.07) is 13.0. The summed E-state index contributed by atoms with van der Waals surface area (Å²) in [5.41, 5.74) is 1.04. The molecule has 0 unspecified atom stereocenters. The molecule has 0 saturated heterocycles. The van der Waals surface area contributed by atoms with Crippen LogP contribution in [0.15, 0.2) is 51.8 Å². The van der Waals surface area contributed by atoms with Crippen LogP contribution in [0.1, 0.15) is 25.3 Å². The molecule has 0 atom stereocenters. The van der Waals surface area contributed by atoms with Crippen molar-refractivity contribution in [3.05, 3.63) is 64.0 Å². The van der Waals surface area contributed by atoms with Crippen LogP contribution in [-0.2, 0) is 11.2 Å². The fraction of sp³-hybridized carbons (Fsp3) is 0.250. The molecule has 3 rings (SSSR count). The van der Waals surface area contributed by atoms with Gasteiger partial charge in [-0.15, -0.1) is 16.9 Å². The molecule has 152 valence electrons. The molecule has 3 aromatic rings. The van der Waals surface area contributed by atoms with Crippen LogP contribution in [0.5, 0.6) is 5.75 Å². The van der Waals surface area contributed by atoms with E-state index in [1.165, 1.54) is 11.0 Å². The Hall–Kier alpha value is -2.22. The lowest BCUT2D eigenvalue weighted by atomic mass is 10.1. The molecule has 0 fully saturated rings. The smallest absolute Gasteiger partial charge is 0.322 e. The van der Waals surface area contributed by atoms with Gasteiger partial charge < -0.3 is 9.15 Å². The molecule has 1 N–H and O–H groups in total. The summed E-state index contributed by atoms with van der Waals surface area (Å²) in [7, 11) is 0. The number of hydrogen-bond acceptors (Lipinski definition) is 6. The first-order valence-electron chi connectivity index (χ1n) is 8.84. The molecule has 0 aliphatic rings. The van der Waals surface area contributed by atoms with Gasteiger partial charge in [-0.1, -0.05) is 54.3 Å². The fourth-order valence-corrected chi connectivity index (χ4v) is 3.70. The molecule has 6 nitrogen and oxygen atoms in total. The number of halogens is 2. The van der Waals surface area contributed by atoms with E-state index in [4.69, 9.17) is 32.4 Å². The number of benzene rings is 2. The molecule has 1 amide bonds. The average Bonchev–Trinajstić information content (AvgIpc) is 3.09. The second-order valence-electron chi connectivity index (χ2n) is 6.40. The number of hydrogen-bond donors (Lipinski definition) is 1. The summed E-state index contributed by atoms with van der Waals surface area (Å²) >= 11 is 13.6. The predicted molar refractivity (Wildman–Crippen MR) is 115 cm³/mol. The number of anilines is 1. The van der Waals surface area contributed by atoms with Gasteiger partial charge in [-0.2, -0.15) is 0 Å². The molecule has 1 aromatic heterocycles. The first-order valence-corrected chi connectivity index (χ1v) is 10.5. The molecule has 0 aliphatic carbocycles. The van der Waals surface area contributed by atoms with Gasteiger partial charge in [0, 0.05) is 15.2 Å². The summed E-state index contributed by atoms with van der Waals surface area (Å²) in [6.07, 6.45) is 0.479. The van der Waals surface area contributed by atoms with Gasteiger partial charge in [0.2, 0.25) is 5.89 Å². The van der Waals surface area contributed by atoms with Crippen molar-refractivity contribution in [2.45, 2.75) is 30.4 Å². The summed E-state index contributed by atoms with van der Waals surface area (Å²) in [4.78, 5) is 13.2. The Balaban J connectivity index is 1.51. The lowest BCUT2D eigenvalue weighted by Gasteiger charge is -2.07. The van der Waals surface area contributed by atoms with E-state index in [1.807, 2.05) is 12.1 Å². The number of carbonyl (C=O) groups excluding carboxylic acids is 1. The van der Waals surface area contributed by atoms with Gasteiger partial charge in [0.25, 0.3) is 5.91 Å². The lowest BCUT2D eigenvalue weighted by molar-refractivity contribution is -0.118. The van der Waals surface area contributed by atoms with Crippen molar-refractivity contribution in [2.24, 2.45) is 0 Å².